The molecule has 0 aromatic heterocycles. The van der Waals surface area contributed by atoms with Crippen molar-refractivity contribution in [2.24, 2.45) is 0 Å². The number of aliphatic hydroxyl groups is 1. The first-order valence-corrected chi connectivity index (χ1v) is 7.46. The van der Waals surface area contributed by atoms with E-state index in [1.165, 1.54) is 0 Å². The molecule has 1 aromatic carbocycles. The Labute approximate surface area is 129 Å². The second-order valence-electron chi connectivity index (χ2n) is 4.88. The Kier molecular flexibility index (Phi) is 6.33. The lowest BCUT2D eigenvalue weighted by Crippen LogP contribution is -2.44. The van der Waals surface area contributed by atoms with E-state index in [-0.39, 0.29) is 6.61 Å². The summed E-state index contributed by atoms with van der Waals surface area (Å²) in [6.45, 7) is 4.61. The SMILES string of the molecule is CCOC(OCC)[C@@H]1OC[C@@H](O)[C@@H]1OC(=O)c1ccccc1. The molecular weight excluding hydrogens is 288 g/mol. The van der Waals surface area contributed by atoms with Gasteiger partial charge in [0.15, 0.2) is 12.4 Å². The van der Waals surface area contributed by atoms with Gasteiger partial charge in [0, 0.05) is 13.2 Å². The van der Waals surface area contributed by atoms with Crippen LogP contribution < -0.4 is 0 Å². The molecule has 0 spiro atoms. The van der Waals surface area contributed by atoms with Crippen molar-refractivity contribution in [3.63, 3.8) is 0 Å². The van der Waals surface area contributed by atoms with Gasteiger partial charge >= 0.3 is 5.97 Å². The van der Waals surface area contributed by atoms with Crippen LogP contribution in [-0.4, -0.2) is 55.5 Å². The zero-order valence-corrected chi connectivity index (χ0v) is 12.8. The van der Waals surface area contributed by atoms with Gasteiger partial charge < -0.3 is 24.1 Å². The molecule has 3 atom stereocenters. The zero-order chi connectivity index (χ0) is 15.9. The maximum Gasteiger partial charge on any atom is 0.338 e. The lowest BCUT2D eigenvalue weighted by Gasteiger charge is -2.27. The van der Waals surface area contributed by atoms with Crippen molar-refractivity contribution in [2.75, 3.05) is 19.8 Å². The minimum Gasteiger partial charge on any atom is -0.453 e. The highest BCUT2D eigenvalue weighted by Crippen LogP contribution is 2.24. The van der Waals surface area contributed by atoms with Crippen LogP contribution in [-0.2, 0) is 18.9 Å². The van der Waals surface area contributed by atoms with Gasteiger partial charge in [0.05, 0.1) is 12.2 Å². The van der Waals surface area contributed by atoms with Crippen molar-refractivity contribution < 1.29 is 28.8 Å². The molecule has 0 amide bonds. The van der Waals surface area contributed by atoms with Crippen molar-refractivity contribution in [1.29, 1.82) is 0 Å². The minimum atomic E-state index is -0.902. The summed E-state index contributed by atoms with van der Waals surface area (Å²) in [5, 5.41) is 10.0. The van der Waals surface area contributed by atoms with Crippen LogP contribution in [0.1, 0.15) is 24.2 Å². The van der Waals surface area contributed by atoms with E-state index in [0.717, 1.165) is 0 Å². The summed E-state index contributed by atoms with van der Waals surface area (Å²) in [4.78, 5) is 12.2. The normalized spacial score (nSPS) is 24.6. The lowest BCUT2D eigenvalue weighted by molar-refractivity contribution is -0.207. The molecule has 1 heterocycles. The molecule has 1 fully saturated rings. The monoisotopic (exact) mass is 310 g/mol. The first-order chi connectivity index (χ1) is 10.7. The summed E-state index contributed by atoms with van der Waals surface area (Å²) >= 11 is 0. The highest BCUT2D eigenvalue weighted by Gasteiger charge is 2.44. The van der Waals surface area contributed by atoms with Crippen LogP contribution >= 0.6 is 0 Å². The van der Waals surface area contributed by atoms with Gasteiger partial charge in [-0.25, -0.2) is 4.79 Å². The fraction of sp³-hybridized carbons (Fsp3) is 0.562. The summed E-state index contributed by atoms with van der Waals surface area (Å²) in [6, 6.07) is 8.62. The van der Waals surface area contributed by atoms with Gasteiger partial charge in [0.2, 0.25) is 0 Å². The Hall–Kier alpha value is -1.47. The Balaban J connectivity index is 2.07. The van der Waals surface area contributed by atoms with Crippen molar-refractivity contribution in [3.8, 4) is 0 Å². The molecule has 1 aliphatic heterocycles. The third-order valence-corrected chi connectivity index (χ3v) is 3.35. The number of carbonyl (C=O) groups is 1. The van der Waals surface area contributed by atoms with E-state index < -0.39 is 30.6 Å². The number of hydrogen-bond donors (Lipinski definition) is 1. The van der Waals surface area contributed by atoms with Crippen LogP contribution in [0.15, 0.2) is 30.3 Å². The van der Waals surface area contributed by atoms with E-state index in [2.05, 4.69) is 0 Å². The van der Waals surface area contributed by atoms with Crippen LogP contribution in [0.3, 0.4) is 0 Å². The van der Waals surface area contributed by atoms with E-state index >= 15 is 0 Å². The van der Waals surface area contributed by atoms with E-state index in [1.807, 2.05) is 19.9 Å². The van der Waals surface area contributed by atoms with Gasteiger partial charge in [0.25, 0.3) is 0 Å². The second kappa shape index (κ2) is 8.24. The predicted molar refractivity (Wildman–Crippen MR) is 78.4 cm³/mol. The average molecular weight is 310 g/mol. The quantitative estimate of drug-likeness (QED) is 0.606. The first-order valence-electron chi connectivity index (χ1n) is 7.46. The van der Waals surface area contributed by atoms with E-state index in [9.17, 15) is 9.90 Å². The van der Waals surface area contributed by atoms with Gasteiger partial charge in [-0.05, 0) is 26.0 Å². The molecule has 2 rings (SSSR count). The van der Waals surface area contributed by atoms with Gasteiger partial charge in [-0.3, -0.25) is 0 Å². The zero-order valence-electron chi connectivity index (χ0n) is 12.8. The predicted octanol–water partition coefficient (Wildman–Crippen LogP) is 1.37. The average Bonchev–Trinajstić information content (AvgIpc) is 2.89. The number of esters is 1. The lowest BCUT2D eigenvalue weighted by atomic mass is 10.1. The van der Waals surface area contributed by atoms with Gasteiger partial charge in [-0.2, -0.15) is 0 Å². The Morgan fingerprint density at radius 2 is 1.91 bits per heavy atom. The van der Waals surface area contributed by atoms with E-state index in [0.29, 0.717) is 18.8 Å². The topological polar surface area (TPSA) is 74.2 Å². The Morgan fingerprint density at radius 1 is 1.27 bits per heavy atom. The number of aliphatic hydroxyl groups excluding tert-OH is 1. The molecule has 22 heavy (non-hydrogen) atoms. The molecule has 0 saturated carbocycles. The summed E-state index contributed by atoms with van der Waals surface area (Å²) in [6.07, 6.45) is -3.06. The largest absolute Gasteiger partial charge is 0.453 e. The molecule has 1 saturated heterocycles. The molecule has 6 heteroatoms. The number of carbonyl (C=O) groups excluding carboxylic acids is 1. The van der Waals surface area contributed by atoms with Crippen LogP contribution in [0.25, 0.3) is 0 Å². The third-order valence-electron chi connectivity index (χ3n) is 3.35. The summed E-state index contributed by atoms with van der Waals surface area (Å²) in [5.41, 5.74) is 0.421. The highest BCUT2D eigenvalue weighted by molar-refractivity contribution is 5.89. The number of hydrogen-bond acceptors (Lipinski definition) is 6. The highest BCUT2D eigenvalue weighted by atomic mass is 16.7. The van der Waals surface area contributed by atoms with Crippen molar-refractivity contribution >= 4 is 5.97 Å². The van der Waals surface area contributed by atoms with Crippen LogP contribution in [0.2, 0.25) is 0 Å². The smallest absolute Gasteiger partial charge is 0.338 e. The van der Waals surface area contributed by atoms with Gasteiger partial charge in [0.1, 0.15) is 12.2 Å². The number of benzene rings is 1. The second-order valence-corrected chi connectivity index (χ2v) is 4.88. The maximum absolute atomic E-state index is 12.2. The van der Waals surface area contributed by atoms with Crippen molar-refractivity contribution in [1.82, 2.24) is 0 Å². The standard InChI is InChI=1S/C16H22O6/c1-3-19-16(20-4-2)14-13(12(17)10-21-14)22-15(18)11-8-6-5-7-9-11/h5-9,12-14,16-17H,3-4,10H2,1-2H3/t12-,13+,14-/m1/s1. The summed E-state index contributed by atoms with van der Waals surface area (Å²) in [7, 11) is 0. The molecule has 122 valence electrons. The number of rotatable bonds is 7. The molecule has 1 N–H and O–H groups in total. The Morgan fingerprint density at radius 3 is 2.50 bits per heavy atom. The third kappa shape index (κ3) is 4.04. The molecule has 0 aliphatic carbocycles. The maximum atomic E-state index is 12.2. The van der Waals surface area contributed by atoms with Gasteiger partial charge in [-0.1, -0.05) is 18.2 Å². The van der Waals surface area contributed by atoms with Crippen molar-refractivity contribution in [2.45, 2.75) is 38.4 Å². The molecule has 1 aromatic rings. The van der Waals surface area contributed by atoms with Crippen LogP contribution in [0, 0.1) is 0 Å². The minimum absolute atomic E-state index is 0.0774. The fourth-order valence-corrected chi connectivity index (χ4v) is 2.33. The number of ether oxygens (including phenoxy) is 4. The summed E-state index contributed by atoms with van der Waals surface area (Å²) < 4.78 is 21.9. The molecule has 0 radical (unpaired) electrons. The van der Waals surface area contributed by atoms with E-state index in [4.69, 9.17) is 18.9 Å². The van der Waals surface area contributed by atoms with Crippen molar-refractivity contribution in [3.05, 3.63) is 35.9 Å². The van der Waals surface area contributed by atoms with Crippen LogP contribution in [0.4, 0.5) is 0 Å². The van der Waals surface area contributed by atoms with Gasteiger partial charge in [-0.15, -0.1) is 0 Å². The first kappa shape index (κ1) is 16.9. The molecule has 6 nitrogen and oxygen atoms in total. The van der Waals surface area contributed by atoms with E-state index in [1.54, 1.807) is 24.3 Å². The molecule has 1 aliphatic rings. The fourth-order valence-electron chi connectivity index (χ4n) is 2.33. The molecular formula is C16H22O6. The molecule has 0 bridgehead atoms. The summed E-state index contributed by atoms with van der Waals surface area (Å²) in [5.74, 6) is -0.508. The Bertz CT molecular complexity index is 457. The van der Waals surface area contributed by atoms with Crippen LogP contribution in [0.5, 0.6) is 0 Å². The molecule has 0 unspecified atom stereocenters.